The Balaban J connectivity index is 1.27. The highest BCUT2D eigenvalue weighted by molar-refractivity contribution is 8.00. The number of aromatic hydroxyl groups is 1. The van der Waals surface area contributed by atoms with Crippen molar-refractivity contribution in [1.29, 1.82) is 0 Å². The van der Waals surface area contributed by atoms with Crippen LogP contribution in [0.25, 0.3) is 31.8 Å². The topological polar surface area (TPSA) is 67.7 Å². The highest BCUT2D eigenvalue weighted by atomic mass is 32.2. The van der Waals surface area contributed by atoms with Crippen LogP contribution in [0.1, 0.15) is 0 Å². The standard InChI is InChI=1S/C28H25N3O3S2/c32-20-7-5-19(6-8-20)26-27(25-28(36-26)30-24-4-2-1-3-23(24)29-25)35-22-11-9-21(10-12-22)34-18-15-31-13-16-33-17-14-31/h1-12,32H,13-18H2. The maximum absolute atomic E-state index is 9.79. The molecular formula is C28H25N3O3S2. The van der Waals surface area contributed by atoms with Gasteiger partial charge in [0.15, 0.2) is 0 Å². The molecule has 1 N–H and O–H groups in total. The van der Waals surface area contributed by atoms with Crippen molar-refractivity contribution in [2.45, 2.75) is 9.79 Å². The molecule has 6 rings (SSSR count). The molecule has 36 heavy (non-hydrogen) atoms. The number of hydrogen-bond acceptors (Lipinski definition) is 8. The van der Waals surface area contributed by atoms with Crippen molar-refractivity contribution in [3.05, 3.63) is 72.8 Å². The molecular weight excluding hydrogens is 490 g/mol. The van der Waals surface area contributed by atoms with E-state index in [1.807, 2.05) is 48.5 Å². The Morgan fingerprint density at radius 2 is 1.64 bits per heavy atom. The largest absolute Gasteiger partial charge is 0.508 e. The molecule has 1 aliphatic rings. The molecule has 0 unspecified atom stereocenters. The average molecular weight is 516 g/mol. The number of rotatable bonds is 7. The summed E-state index contributed by atoms with van der Waals surface area (Å²) < 4.78 is 11.4. The van der Waals surface area contributed by atoms with Crippen LogP contribution in [0, 0.1) is 0 Å². The molecule has 0 bridgehead atoms. The summed E-state index contributed by atoms with van der Waals surface area (Å²) in [5.41, 5.74) is 3.70. The van der Waals surface area contributed by atoms with E-state index in [1.165, 1.54) is 0 Å². The predicted octanol–water partition coefficient (Wildman–Crippen LogP) is 6.08. The van der Waals surface area contributed by atoms with Crippen molar-refractivity contribution in [2.24, 2.45) is 0 Å². The monoisotopic (exact) mass is 515 g/mol. The highest BCUT2D eigenvalue weighted by Crippen LogP contribution is 2.46. The first-order valence-corrected chi connectivity index (χ1v) is 13.6. The molecule has 2 aromatic heterocycles. The first kappa shape index (κ1) is 23.2. The van der Waals surface area contributed by atoms with E-state index in [-0.39, 0.29) is 5.75 Å². The van der Waals surface area contributed by atoms with Crippen LogP contribution in [0.2, 0.25) is 0 Å². The van der Waals surface area contributed by atoms with Crippen LogP contribution in [-0.2, 0) is 4.74 Å². The van der Waals surface area contributed by atoms with Gasteiger partial charge in [-0.15, -0.1) is 11.3 Å². The van der Waals surface area contributed by atoms with Gasteiger partial charge in [-0.05, 0) is 66.2 Å². The summed E-state index contributed by atoms with van der Waals surface area (Å²) in [6.45, 7) is 5.10. The van der Waals surface area contributed by atoms with Crippen molar-refractivity contribution in [3.8, 4) is 21.9 Å². The zero-order chi connectivity index (χ0) is 24.3. The summed E-state index contributed by atoms with van der Waals surface area (Å²) in [7, 11) is 0. The lowest BCUT2D eigenvalue weighted by Crippen LogP contribution is -2.38. The number of aromatic nitrogens is 2. The van der Waals surface area contributed by atoms with Crippen LogP contribution in [-0.4, -0.2) is 59.4 Å². The normalized spacial score (nSPS) is 14.4. The van der Waals surface area contributed by atoms with Gasteiger partial charge in [-0.25, -0.2) is 9.97 Å². The Bertz CT molecular complexity index is 1480. The van der Waals surface area contributed by atoms with Gasteiger partial charge in [0, 0.05) is 24.5 Å². The highest BCUT2D eigenvalue weighted by Gasteiger charge is 2.19. The molecule has 0 amide bonds. The van der Waals surface area contributed by atoms with Crippen LogP contribution in [0.15, 0.2) is 82.6 Å². The summed E-state index contributed by atoms with van der Waals surface area (Å²) in [5, 5.41) is 9.79. The summed E-state index contributed by atoms with van der Waals surface area (Å²) in [5.74, 6) is 1.12. The summed E-state index contributed by atoms with van der Waals surface area (Å²) in [6.07, 6.45) is 0. The Morgan fingerprint density at radius 3 is 2.39 bits per heavy atom. The predicted molar refractivity (Wildman–Crippen MR) is 145 cm³/mol. The number of hydrogen-bond donors (Lipinski definition) is 1. The third-order valence-electron chi connectivity index (χ3n) is 6.11. The number of para-hydroxylation sites is 2. The summed E-state index contributed by atoms with van der Waals surface area (Å²) in [6, 6.07) is 23.5. The minimum atomic E-state index is 0.250. The van der Waals surface area contributed by atoms with Crippen LogP contribution in [0.3, 0.4) is 0 Å². The van der Waals surface area contributed by atoms with Crippen molar-refractivity contribution in [3.63, 3.8) is 0 Å². The zero-order valence-electron chi connectivity index (χ0n) is 19.6. The average Bonchev–Trinajstić information content (AvgIpc) is 3.26. The number of phenolic OH excluding ortho intramolecular Hbond substituents is 1. The molecule has 6 nitrogen and oxygen atoms in total. The van der Waals surface area contributed by atoms with Gasteiger partial charge in [-0.2, -0.15) is 0 Å². The zero-order valence-corrected chi connectivity index (χ0v) is 21.2. The number of ether oxygens (including phenoxy) is 2. The van der Waals surface area contributed by atoms with E-state index in [2.05, 4.69) is 17.0 Å². The molecule has 1 aliphatic heterocycles. The van der Waals surface area contributed by atoms with E-state index in [0.717, 1.165) is 80.2 Å². The fourth-order valence-electron chi connectivity index (χ4n) is 4.19. The lowest BCUT2D eigenvalue weighted by molar-refractivity contribution is 0.0322. The van der Waals surface area contributed by atoms with E-state index in [0.29, 0.717) is 6.61 Å². The molecule has 3 heterocycles. The molecule has 0 atom stereocenters. The molecule has 5 aromatic rings. The summed E-state index contributed by atoms with van der Waals surface area (Å²) >= 11 is 3.31. The van der Waals surface area contributed by atoms with Gasteiger partial charge in [-0.3, -0.25) is 4.90 Å². The van der Waals surface area contributed by atoms with Gasteiger partial charge in [0.25, 0.3) is 0 Å². The van der Waals surface area contributed by atoms with Gasteiger partial charge in [0.2, 0.25) is 0 Å². The second-order valence-electron chi connectivity index (χ2n) is 8.55. The number of thiophene rings is 1. The van der Waals surface area contributed by atoms with Crippen molar-refractivity contribution in [1.82, 2.24) is 14.9 Å². The maximum atomic E-state index is 9.79. The fourth-order valence-corrected chi connectivity index (χ4v) is 6.49. The minimum Gasteiger partial charge on any atom is -0.508 e. The molecule has 182 valence electrons. The van der Waals surface area contributed by atoms with Crippen LogP contribution < -0.4 is 4.74 Å². The molecule has 3 aromatic carbocycles. The van der Waals surface area contributed by atoms with Gasteiger partial charge in [0.1, 0.15) is 28.5 Å². The number of phenols is 1. The quantitative estimate of drug-likeness (QED) is 0.282. The van der Waals surface area contributed by atoms with Gasteiger partial charge < -0.3 is 14.6 Å². The minimum absolute atomic E-state index is 0.250. The van der Waals surface area contributed by atoms with Crippen LogP contribution >= 0.6 is 23.1 Å². The van der Waals surface area contributed by atoms with Crippen LogP contribution in [0.5, 0.6) is 11.5 Å². The summed E-state index contributed by atoms with van der Waals surface area (Å²) in [4.78, 5) is 16.4. The van der Waals surface area contributed by atoms with E-state index in [4.69, 9.17) is 19.4 Å². The third kappa shape index (κ3) is 5.03. The number of morpholine rings is 1. The molecule has 0 radical (unpaired) electrons. The third-order valence-corrected chi connectivity index (χ3v) is 8.47. The smallest absolute Gasteiger partial charge is 0.144 e. The Labute approximate surface area is 217 Å². The number of benzene rings is 3. The molecule has 1 saturated heterocycles. The van der Waals surface area contributed by atoms with E-state index in [9.17, 15) is 5.11 Å². The molecule has 1 fully saturated rings. The number of nitrogens with zero attached hydrogens (tertiary/aromatic N) is 3. The van der Waals surface area contributed by atoms with Gasteiger partial charge in [0.05, 0.1) is 34.0 Å². The Hall–Kier alpha value is -3.17. The second-order valence-corrected chi connectivity index (χ2v) is 10.6. The first-order chi connectivity index (χ1) is 17.7. The molecule has 8 heteroatoms. The molecule has 0 saturated carbocycles. The second kappa shape index (κ2) is 10.4. The fraction of sp³-hybridized carbons (Fsp3) is 0.214. The van der Waals surface area contributed by atoms with E-state index in [1.54, 1.807) is 35.2 Å². The Kier molecular flexibility index (Phi) is 6.74. The van der Waals surface area contributed by atoms with E-state index >= 15 is 0 Å². The van der Waals surface area contributed by atoms with E-state index < -0.39 is 0 Å². The first-order valence-electron chi connectivity index (χ1n) is 11.9. The lowest BCUT2D eigenvalue weighted by atomic mass is 10.2. The maximum Gasteiger partial charge on any atom is 0.144 e. The van der Waals surface area contributed by atoms with Crippen molar-refractivity contribution in [2.75, 3.05) is 39.5 Å². The Morgan fingerprint density at radius 1 is 0.917 bits per heavy atom. The van der Waals surface area contributed by atoms with Crippen molar-refractivity contribution < 1.29 is 14.6 Å². The van der Waals surface area contributed by atoms with Gasteiger partial charge >= 0.3 is 0 Å². The van der Waals surface area contributed by atoms with Gasteiger partial charge in [-0.1, -0.05) is 23.9 Å². The van der Waals surface area contributed by atoms with Crippen LogP contribution in [0.4, 0.5) is 0 Å². The number of fused-ring (bicyclic) bond motifs is 2. The lowest BCUT2D eigenvalue weighted by Gasteiger charge is -2.26. The molecule has 0 spiro atoms. The molecule has 0 aliphatic carbocycles. The van der Waals surface area contributed by atoms with Crippen molar-refractivity contribution >= 4 is 44.5 Å². The SMILES string of the molecule is Oc1ccc(-c2sc3nc4ccccc4nc3c2Sc2ccc(OCCN3CCOCC3)cc2)cc1.